The van der Waals surface area contributed by atoms with E-state index in [0.29, 0.717) is 25.3 Å². The van der Waals surface area contributed by atoms with Crippen LogP contribution in [0.5, 0.6) is 5.75 Å². The number of amides is 1. The summed E-state index contributed by atoms with van der Waals surface area (Å²) < 4.78 is 5.02. The molecule has 0 saturated carbocycles. The van der Waals surface area contributed by atoms with E-state index in [0.717, 1.165) is 51.1 Å². The zero-order chi connectivity index (χ0) is 25.8. The van der Waals surface area contributed by atoms with Crippen molar-refractivity contribution in [1.29, 1.82) is 0 Å². The maximum absolute atomic E-state index is 12.6. The van der Waals surface area contributed by atoms with Crippen LogP contribution in [0.3, 0.4) is 0 Å². The molecular formula is C27H34N6O3. The average molecular weight is 491 g/mol. The molecule has 0 bridgehead atoms. The number of carbonyl (C=O) groups excluding carboxylic acids is 1. The molecule has 9 nitrogen and oxygen atoms in total. The first-order valence-electron chi connectivity index (χ1n) is 12.4. The van der Waals surface area contributed by atoms with Gasteiger partial charge in [0.05, 0.1) is 30.1 Å². The number of methoxy groups -OCH3 is 1. The molecule has 9 heteroatoms. The number of aromatic nitrogens is 4. The SMILES string of the molecule is CC.CCc1cc(O)ccc1-c1ccc2c(-c3nc4c([nH]3)CN(C(=O)C(N)COC)CC4)n[nH]c2c1. The van der Waals surface area contributed by atoms with Crippen LogP contribution in [0.25, 0.3) is 33.5 Å². The predicted octanol–water partition coefficient (Wildman–Crippen LogP) is 3.77. The summed E-state index contributed by atoms with van der Waals surface area (Å²) in [6.07, 6.45) is 1.48. The topological polar surface area (TPSA) is 133 Å². The van der Waals surface area contributed by atoms with Crippen molar-refractivity contribution in [1.82, 2.24) is 25.1 Å². The number of H-pyrrole nitrogens is 2. The van der Waals surface area contributed by atoms with Gasteiger partial charge in [0, 0.05) is 25.5 Å². The van der Waals surface area contributed by atoms with Crippen LogP contribution < -0.4 is 5.73 Å². The fourth-order valence-electron chi connectivity index (χ4n) is 4.60. The summed E-state index contributed by atoms with van der Waals surface area (Å²) >= 11 is 0. The Morgan fingerprint density at radius 2 is 2.06 bits per heavy atom. The van der Waals surface area contributed by atoms with Gasteiger partial charge in [0.1, 0.15) is 17.5 Å². The van der Waals surface area contributed by atoms with E-state index < -0.39 is 6.04 Å². The van der Waals surface area contributed by atoms with Crippen LogP contribution in [-0.2, 0) is 28.9 Å². The zero-order valence-electron chi connectivity index (χ0n) is 21.3. The minimum atomic E-state index is -0.666. The van der Waals surface area contributed by atoms with Gasteiger partial charge in [0.2, 0.25) is 5.91 Å². The number of nitrogens with zero attached hydrogens (tertiary/aromatic N) is 3. The molecule has 3 heterocycles. The van der Waals surface area contributed by atoms with Crippen LogP contribution in [0, 0.1) is 0 Å². The van der Waals surface area contributed by atoms with Crippen molar-refractivity contribution in [2.24, 2.45) is 5.73 Å². The highest BCUT2D eigenvalue weighted by Gasteiger charge is 2.28. The van der Waals surface area contributed by atoms with Crippen LogP contribution in [0.4, 0.5) is 0 Å². The number of nitrogens with two attached hydrogens (primary N) is 1. The van der Waals surface area contributed by atoms with Gasteiger partial charge in [-0.3, -0.25) is 9.89 Å². The number of fused-ring (bicyclic) bond motifs is 2. The van der Waals surface area contributed by atoms with E-state index in [1.807, 2.05) is 32.0 Å². The standard InChI is InChI=1S/C25H28N6O3.C2H6/c1-3-14-10-16(32)5-7-17(14)15-4-6-18-21(11-15)29-30-23(18)24-27-20-8-9-31(12-22(20)28-24)25(33)19(26)13-34-2;1-2/h4-7,10-11,19,32H,3,8-9,12-13,26H2,1-2H3,(H,27,28)(H,29,30);1-2H3. The monoisotopic (exact) mass is 490 g/mol. The largest absolute Gasteiger partial charge is 0.508 e. The quantitative estimate of drug-likeness (QED) is 0.325. The second kappa shape index (κ2) is 10.9. The van der Waals surface area contributed by atoms with E-state index in [-0.39, 0.29) is 18.3 Å². The van der Waals surface area contributed by atoms with E-state index >= 15 is 0 Å². The molecule has 36 heavy (non-hydrogen) atoms. The van der Waals surface area contributed by atoms with E-state index in [9.17, 15) is 9.90 Å². The van der Waals surface area contributed by atoms with Crippen LogP contribution in [0.1, 0.15) is 37.7 Å². The maximum atomic E-state index is 12.6. The fourth-order valence-corrected chi connectivity index (χ4v) is 4.60. The van der Waals surface area contributed by atoms with Gasteiger partial charge in [-0.15, -0.1) is 0 Å². The van der Waals surface area contributed by atoms with Crippen molar-refractivity contribution < 1.29 is 14.6 Å². The molecule has 1 aliphatic heterocycles. The van der Waals surface area contributed by atoms with Crippen molar-refractivity contribution >= 4 is 16.8 Å². The number of aromatic hydroxyl groups is 1. The van der Waals surface area contributed by atoms with Crippen molar-refractivity contribution in [3.05, 3.63) is 53.3 Å². The molecule has 190 valence electrons. The Hall–Kier alpha value is -3.69. The minimum Gasteiger partial charge on any atom is -0.508 e. The number of imidazole rings is 1. The Morgan fingerprint density at radius 1 is 1.25 bits per heavy atom. The summed E-state index contributed by atoms with van der Waals surface area (Å²) in [6.45, 7) is 7.28. The molecule has 2 aromatic carbocycles. The first-order chi connectivity index (χ1) is 17.5. The van der Waals surface area contributed by atoms with E-state index in [4.69, 9.17) is 15.5 Å². The Labute approximate surface area is 210 Å². The number of nitrogens with one attached hydrogen (secondary N) is 2. The highest BCUT2D eigenvalue weighted by molar-refractivity contribution is 5.94. The normalized spacial score (nSPS) is 13.8. The molecule has 1 unspecified atom stereocenters. The summed E-state index contributed by atoms with van der Waals surface area (Å²) in [7, 11) is 1.53. The molecule has 0 spiro atoms. The average Bonchev–Trinajstić information content (AvgIpc) is 3.52. The summed E-state index contributed by atoms with van der Waals surface area (Å²) in [4.78, 5) is 22.5. The Balaban J connectivity index is 0.00000148. The van der Waals surface area contributed by atoms with Gasteiger partial charge in [-0.25, -0.2) is 4.98 Å². The van der Waals surface area contributed by atoms with E-state index in [1.165, 1.54) is 7.11 Å². The van der Waals surface area contributed by atoms with Crippen molar-refractivity contribution in [2.75, 3.05) is 20.3 Å². The predicted molar refractivity (Wildman–Crippen MR) is 140 cm³/mol. The van der Waals surface area contributed by atoms with Crippen LogP contribution in [0.15, 0.2) is 36.4 Å². The second-order valence-electron chi connectivity index (χ2n) is 8.61. The molecule has 4 aromatic rings. The van der Waals surface area contributed by atoms with Gasteiger partial charge in [-0.1, -0.05) is 32.9 Å². The third kappa shape index (κ3) is 4.84. The number of ether oxygens (including phenoxy) is 1. The number of aromatic amines is 2. The second-order valence-corrected chi connectivity index (χ2v) is 8.61. The molecule has 1 amide bonds. The molecule has 0 radical (unpaired) electrons. The molecule has 2 aromatic heterocycles. The van der Waals surface area contributed by atoms with Crippen LogP contribution in [0.2, 0.25) is 0 Å². The Kier molecular flexibility index (Phi) is 7.71. The molecule has 5 N–H and O–H groups in total. The highest BCUT2D eigenvalue weighted by Crippen LogP contribution is 2.32. The van der Waals surface area contributed by atoms with Gasteiger partial charge in [0.15, 0.2) is 5.82 Å². The lowest BCUT2D eigenvalue weighted by atomic mass is 9.97. The third-order valence-electron chi connectivity index (χ3n) is 6.37. The lowest BCUT2D eigenvalue weighted by molar-refractivity contribution is -0.134. The van der Waals surface area contributed by atoms with Crippen LogP contribution in [-0.4, -0.2) is 62.4 Å². The zero-order valence-corrected chi connectivity index (χ0v) is 21.3. The molecule has 1 aliphatic rings. The molecular weight excluding hydrogens is 456 g/mol. The van der Waals surface area contributed by atoms with E-state index in [1.54, 1.807) is 11.0 Å². The number of benzene rings is 2. The Bertz CT molecular complexity index is 1360. The molecule has 5 rings (SSSR count). The van der Waals surface area contributed by atoms with Gasteiger partial charge in [-0.05, 0) is 47.4 Å². The Morgan fingerprint density at radius 3 is 2.81 bits per heavy atom. The van der Waals surface area contributed by atoms with Crippen molar-refractivity contribution in [3.8, 4) is 28.4 Å². The highest BCUT2D eigenvalue weighted by atomic mass is 16.5. The summed E-state index contributed by atoms with van der Waals surface area (Å²) in [5.74, 6) is 0.827. The van der Waals surface area contributed by atoms with Crippen LogP contribution >= 0.6 is 0 Å². The van der Waals surface area contributed by atoms with E-state index in [2.05, 4.69) is 34.2 Å². The molecule has 0 saturated heterocycles. The molecule has 1 atom stereocenters. The number of hydrogen-bond acceptors (Lipinski definition) is 6. The van der Waals surface area contributed by atoms with Gasteiger partial charge in [0.25, 0.3) is 0 Å². The van der Waals surface area contributed by atoms with Gasteiger partial charge in [-0.2, -0.15) is 5.10 Å². The summed E-state index contributed by atoms with van der Waals surface area (Å²) in [5.41, 5.74) is 12.7. The smallest absolute Gasteiger partial charge is 0.242 e. The maximum Gasteiger partial charge on any atom is 0.242 e. The van der Waals surface area contributed by atoms with Crippen molar-refractivity contribution in [3.63, 3.8) is 0 Å². The first-order valence-corrected chi connectivity index (χ1v) is 12.4. The summed E-state index contributed by atoms with van der Waals surface area (Å²) in [6, 6.07) is 11.0. The summed E-state index contributed by atoms with van der Waals surface area (Å²) in [5, 5.41) is 18.4. The third-order valence-corrected chi connectivity index (χ3v) is 6.37. The lowest BCUT2D eigenvalue weighted by Crippen LogP contribution is -2.47. The number of carbonyl (C=O) groups is 1. The lowest BCUT2D eigenvalue weighted by Gasteiger charge is -2.28. The molecule has 0 aliphatic carbocycles. The van der Waals surface area contributed by atoms with Gasteiger partial charge >= 0.3 is 0 Å². The van der Waals surface area contributed by atoms with Gasteiger partial charge < -0.3 is 25.5 Å². The number of hydrogen-bond donors (Lipinski definition) is 4. The number of aryl methyl sites for hydroxylation is 1. The number of phenolic OH excluding ortho intramolecular Hbond substituents is 1. The van der Waals surface area contributed by atoms with Crippen molar-refractivity contribution in [2.45, 2.75) is 46.2 Å². The number of rotatable bonds is 6. The first kappa shape index (κ1) is 25.4. The molecule has 0 fully saturated rings. The fraction of sp³-hybridized carbons (Fsp3) is 0.370. The number of phenols is 1. The minimum absolute atomic E-state index is 0.123.